The van der Waals surface area contributed by atoms with Crippen molar-refractivity contribution in [2.24, 2.45) is 5.92 Å². The standard InChI is InChI=1S/C11H10BrCl2NO/c12-8-1-2-10(9(14)4-8)15-6-7(5-13)3-11(15)16/h1-2,4,7H,3,5-6H2. The molecule has 1 aliphatic heterocycles. The summed E-state index contributed by atoms with van der Waals surface area (Å²) in [6, 6.07) is 5.52. The second-order valence-electron chi connectivity index (χ2n) is 3.82. The average molecular weight is 323 g/mol. The molecule has 2 rings (SSSR count). The van der Waals surface area contributed by atoms with Crippen molar-refractivity contribution in [3.8, 4) is 0 Å². The molecule has 1 aliphatic rings. The SMILES string of the molecule is O=C1CC(CCl)CN1c1ccc(Br)cc1Cl. The molecule has 2 nitrogen and oxygen atoms in total. The molecule has 1 fully saturated rings. The van der Waals surface area contributed by atoms with Crippen LogP contribution in [0.3, 0.4) is 0 Å². The second-order valence-corrected chi connectivity index (χ2v) is 5.46. The molecule has 0 N–H and O–H groups in total. The lowest BCUT2D eigenvalue weighted by atomic mass is 10.1. The number of alkyl halides is 1. The summed E-state index contributed by atoms with van der Waals surface area (Å²) in [4.78, 5) is 13.5. The van der Waals surface area contributed by atoms with Crippen molar-refractivity contribution in [3.05, 3.63) is 27.7 Å². The Hall–Kier alpha value is -0.250. The van der Waals surface area contributed by atoms with Gasteiger partial charge in [-0.15, -0.1) is 11.6 Å². The Morgan fingerprint density at radius 3 is 2.81 bits per heavy atom. The van der Waals surface area contributed by atoms with Gasteiger partial charge in [-0.1, -0.05) is 27.5 Å². The molecule has 0 radical (unpaired) electrons. The van der Waals surface area contributed by atoms with Crippen LogP contribution in [0, 0.1) is 5.92 Å². The van der Waals surface area contributed by atoms with Gasteiger partial charge in [0.2, 0.25) is 5.91 Å². The fourth-order valence-electron chi connectivity index (χ4n) is 1.82. The molecule has 1 aromatic carbocycles. The molecule has 1 heterocycles. The van der Waals surface area contributed by atoms with Gasteiger partial charge in [-0.25, -0.2) is 0 Å². The van der Waals surface area contributed by atoms with Gasteiger partial charge >= 0.3 is 0 Å². The van der Waals surface area contributed by atoms with E-state index in [9.17, 15) is 4.79 Å². The number of rotatable bonds is 2. The summed E-state index contributed by atoms with van der Waals surface area (Å²) in [5, 5.41) is 0.581. The fraction of sp³-hybridized carbons (Fsp3) is 0.364. The highest BCUT2D eigenvalue weighted by Crippen LogP contribution is 2.33. The number of anilines is 1. The van der Waals surface area contributed by atoms with Crippen LogP contribution in [0.25, 0.3) is 0 Å². The van der Waals surface area contributed by atoms with E-state index in [1.807, 2.05) is 12.1 Å². The van der Waals surface area contributed by atoms with Crippen LogP contribution < -0.4 is 4.90 Å². The fourth-order valence-corrected chi connectivity index (χ4v) is 2.80. The molecule has 1 atom stereocenters. The maximum Gasteiger partial charge on any atom is 0.227 e. The van der Waals surface area contributed by atoms with E-state index < -0.39 is 0 Å². The number of benzene rings is 1. The number of amides is 1. The van der Waals surface area contributed by atoms with Crippen molar-refractivity contribution in [2.75, 3.05) is 17.3 Å². The summed E-state index contributed by atoms with van der Waals surface area (Å²) in [5.41, 5.74) is 0.766. The molecule has 1 saturated heterocycles. The van der Waals surface area contributed by atoms with E-state index in [1.165, 1.54) is 0 Å². The molecule has 5 heteroatoms. The molecule has 0 bridgehead atoms. The van der Waals surface area contributed by atoms with Gasteiger partial charge in [-0.2, -0.15) is 0 Å². The van der Waals surface area contributed by atoms with Crippen LogP contribution in [0.5, 0.6) is 0 Å². The zero-order valence-electron chi connectivity index (χ0n) is 8.42. The molecule has 0 aliphatic carbocycles. The minimum atomic E-state index is 0.0925. The van der Waals surface area contributed by atoms with Gasteiger partial charge in [0.1, 0.15) is 0 Å². The summed E-state index contributed by atoms with van der Waals surface area (Å²) in [6.07, 6.45) is 0.510. The number of hydrogen-bond acceptors (Lipinski definition) is 1. The van der Waals surface area contributed by atoms with E-state index in [-0.39, 0.29) is 11.8 Å². The summed E-state index contributed by atoms with van der Waals surface area (Å²) in [6.45, 7) is 0.656. The van der Waals surface area contributed by atoms with Gasteiger partial charge < -0.3 is 4.90 Å². The van der Waals surface area contributed by atoms with E-state index in [4.69, 9.17) is 23.2 Å². The highest BCUT2D eigenvalue weighted by Gasteiger charge is 2.30. The second kappa shape index (κ2) is 4.94. The Morgan fingerprint density at radius 1 is 1.50 bits per heavy atom. The van der Waals surface area contributed by atoms with E-state index >= 15 is 0 Å². The summed E-state index contributed by atoms with van der Waals surface area (Å²) in [7, 11) is 0. The average Bonchev–Trinajstić information content (AvgIpc) is 2.60. The monoisotopic (exact) mass is 321 g/mol. The van der Waals surface area contributed by atoms with Crippen LogP contribution in [0.15, 0.2) is 22.7 Å². The van der Waals surface area contributed by atoms with Crippen LogP contribution >= 0.6 is 39.1 Å². The van der Waals surface area contributed by atoms with Crippen molar-refractivity contribution in [3.63, 3.8) is 0 Å². The number of hydrogen-bond donors (Lipinski definition) is 0. The maximum atomic E-state index is 11.8. The number of nitrogens with zero attached hydrogens (tertiary/aromatic N) is 1. The molecular weight excluding hydrogens is 313 g/mol. The van der Waals surface area contributed by atoms with Crippen molar-refractivity contribution >= 4 is 50.7 Å². The third-order valence-corrected chi connectivity index (χ3v) is 3.86. The van der Waals surface area contributed by atoms with Crippen LogP contribution in [0.2, 0.25) is 5.02 Å². The van der Waals surface area contributed by atoms with Crippen molar-refractivity contribution in [1.29, 1.82) is 0 Å². The maximum absolute atomic E-state index is 11.8. The Morgan fingerprint density at radius 2 is 2.25 bits per heavy atom. The molecule has 1 aromatic rings. The van der Waals surface area contributed by atoms with Crippen LogP contribution in [-0.2, 0) is 4.79 Å². The zero-order chi connectivity index (χ0) is 11.7. The first-order valence-corrected chi connectivity index (χ1v) is 6.63. The Labute approximate surface area is 113 Å². The largest absolute Gasteiger partial charge is 0.311 e. The molecule has 0 spiro atoms. The van der Waals surface area contributed by atoms with Gasteiger partial charge in [0, 0.05) is 23.3 Å². The Bertz CT molecular complexity index is 424. The van der Waals surface area contributed by atoms with Crippen LogP contribution in [0.1, 0.15) is 6.42 Å². The van der Waals surface area contributed by atoms with E-state index in [0.717, 1.165) is 10.2 Å². The van der Waals surface area contributed by atoms with Crippen LogP contribution in [0.4, 0.5) is 5.69 Å². The van der Waals surface area contributed by atoms with Crippen molar-refractivity contribution < 1.29 is 4.79 Å². The van der Waals surface area contributed by atoms with Gasteiger partial charge in [0.05, 0.1) is 10.7 Å². The first-order valence-electron chi connectivity index (χ1n) is 4.93. The lowest BCUT2D eigenvalue weighted by Gasteiger charge is -2.18. The smallest absolute Gasteiger partial charge is 0.227 e. The molecule has 1 unspecified atom stereocenters. The molecule has 0 aromatic heterocycles. The predicted octanol–water partition coefficient (Wildman–Crippen LogP) is 3.69. The normalized spacial score (nSPS) is 20.6. The van der Waals surface area contributed by atoms with Crippen molar-refractivity contribution in [2.45, 2.75) is 6.42 Å². The Kier molecular flexibility index (Phi) is 3.77. The van der Waals surface area contributed by atoms with E-state index in [2.05, 4.69) is 15.9 Å². The number of carbonyl (C=O) groups is 1. The summed E-state index contributed by atoms with van der Waals surface area (Å²) in [5.74, 6) is 0.833. The first-order chi connectivity index (χ1) is 7.61. The number of carbonyl (C=O) groups excluding carboxylic acids is 1. The van der Waals surface area contributed by atoms with Crippen molar-refractivity contribution in [1.82, 2.24) is 0 Å². The third-order valence-electron chi connectivity index (χ3n) is 2.62. The highest BCUT2D eigenvalue weighted by molar-refractivity contribution is 9.10. The molecule has 16 heavy (non-hydrogen) atoms. The lowest BCUT2D eigenvalue weighted by Crippen LogP contribution is -2.24. The zero-order valence-corrected chi connectivity index (χ0v) is 11.5. The molecular formula is C11H10BrCl2NO. The van der Waals surface area contributed by atoms with Crippen LogP contribution in [-0.4, -0.2) is 18.3 Å². The quantitative estimate of drug-likeness (QED) is 0.760. The van der Waals surface area contributed by atoms with E-state index in [0.29, 0.717) is 23.9 Å². The predicted molar refractivity (Wildman–Crippen MR) is 70.3 cm³/mol. The number of halogens is 3. The summed E-state index contributed by atoms with van der Waals surface area (Å²) >= 11 is 15.2. The molecule has 1 amide bonds. The van der Waals surface area contributed by atoms with Gasteiger partial charge in [0.25, 0.3) is 0 Å². The minimum Gasteiger partial charge on any atom is -0.311 e. The molecule has 0 saturated carbocycles. The first kappa shape index (κ1) is 12.2. The van der Waals surface area contributed by atoms with Gasteiger partial charge in [-0.05, 0) is 24.1 Å². The topological polar surface area (TPSA) is 20.3 Å². The van der Waals surface area contributed by atoms with E-state index in [1.54, 1.807) is 11.0 Å². The third kappa shape index (κ3) is 2.36. The lowest BCUT2D eigenvalue weighted by molar-refractivity contribution is -0.117. The Balaban J connectivity index is 2.28. The minimum absolute atomic E-state index is 0.0925. The summed E-state index contributed by atoms with van der Waals surface area (Å²) < 4.78 is 0.904. The van der Waals surface area contributed by atoms with Gasteiger partial charge in [-0.3, -0.25) is 4.79 Å². The highest BCUT2D eigenvalue weighted by atomic mass is 79.9. The van der Waals surface area contributed by atoms with Gasteiger partial charge in [0.15, 0.2) is 0 Å². The molecule has 86 valence electrons.